The zero-order valence-corrected chi connectivity index (χ0v) is 10.5. The molecule has 3 nitrogen and oxygen atoms in total. The minimum Gasteiger partial charge on any atom is -0.497 e. The molecule has 0 spiro atoms. The number of hydrogen-bond donors (Lipinski definition) is 0. The van der Waals surface area contributed by atoms with Gasteiger partial charge in [0.05, 0.1) is 14.2 Å². The molecule has 4 heteroatoms. The maximum atomic E-state index is 11.5. The number of hydrogen-bond acceptors (Lipinski definition) is 3. The first-order valence-corrected chi connectivity index (χ1v) is 5.23. The lowest BCUT2D eigenvalue weighted by atomic mass is 10.0. The van der Waals surface area contributed by atoms with Gasteiger partial charge in [-0.2, -0.15) is 0 Å². The summed E-state index contributed by atoms with van der Waals surface area (Å²) in [6.07, 6.45) is 0. The fourth-order valence-corrected chi connectivity index (χ4v) is 1.63. The Morgan fingerprint density at radius 1 is 1.40 bits per heavy atom. The summed E-state index contributed by atoms with van der Waals surface area (Å²) in [4.78, 5) is 11.5. The van der Waals surface area contributed by atoms with Crippen molar-refractivity contribution in [2.45, 2.75) is 11.2 Å². The zero-order chi connectivity index (χ0) is 11.5. The van der Waals surface area contributed by atoms with Crippen LogP contribution in [0.2, 0.25) is 0 Å². The zero-order valence-electron chi connectivity index (χ0n) is 8.91. The average Bonchev–Trinajstić information content (AvgIpc) is 2.27. The second-order valence-corrected chi connectivity index (χ2v) is 4.81. The van der Waals surface area contributed by atoms with Crippen molar-refractivity contribution in [3.8, 4) is 5.75 Å². The second kappa shape index (κ2) is 4.66. The predicted octanol–water partition coefficient (Wildman–Crippen LogP) is 2.48. The number of esters is 1. The fourth-order valence-electron chi connectivity index (χ4n) is 1.22. The van der Waals surface area contributed by atoms with E-state index >= 15 is 0 Å². The molecule has 0 aliphatic rings. The summed E-state index contributed by atoms with van der Waals surface area (Å²) in [6.45, 7) is 1.74. The van der Waals surface area contributed by atoms with Crippen LogP contribution in [0.3, 0.4) is 0 Å². The van der Waals surface area contributed by atoms with E-state index in [4.69, 9.17) is 9.47 Å². The summed E-state index contributed by atoms with van der Waals surface area (Å²) in [5.74, 6) is 0.373. The van der Waals surface area contributed by atoms with Crippen molar-refractivity contribution < 1.29 is 14.3 Å². The Morgan fingerprint density at radius 2 is 2.07 bits per heavy atom. The van der Waals surface area contributed by atoms with Crippen LogP contribution in [0.25, 0.3) is 0 Å². The van der Waals surface area contributed by atoms with Crippen LogP contribution in [0.1, 0.15) is 12.5 Å². The smallest absolute Gasteiger partial charge is 0.326 e. The summed E-state index contributed by atoms with van der Waals surface area (Å²) in [6, 6.07) is 7.29. The average molecular weight is 273 g/mol. The van der Waals surface area contributed by atoms with Crippen LogP contribution in [0.15, 0.2) is 24.3 Å². The van der Waals surface area contributed by atoms with E-state index in [0.29, 0.717) is 5.75 Å². The quantitative estimate of drug-likeness (QED) is 0.627. The standard InChI is InChI=1S/C11H13BrO3/c1-11(12,10(13)15-3)8-5-4-6-9(7-8)14-2/h4-7H,1-3H3. The lowest BCUT2D eigenvalue weighted by molar-refractivity contribution is -0.143. The molecule has 82 valence electrons. The Hall–Kier alpha value is -1.03. The number of methoxy groups -OCH3 is 2. The van der Waals surface area contributed by atoms with Crippen molar-refractivity contribution >= 4 is 21.9 Å². The van der Waals surface area contributed by atoms with Gasteiger partial charge in [-0.25, -0.2) is 0 Å². The van der Waals surface area contributed by atoms with Crippen LogP contribution in [0.5, 0.6) is 5.75 Å². The van der Waals surface area contributed by atoms with E-state index in [2.05, 4.69) is 15.9 Å². The monoisotopic (exact) mass is 272 g/mol. The number of carbonyl (C=O) groups excluding carboxylic acids is 1. The summed E-state index contributed by atoms with van der Waals surface area (Å²) in [5.41, 5.74) is 0.800. The molecule has 0 N–H and O–H groups in total. The summed E-state index contributed by atoms with van der Waals surface area (Å²) in [7, 11) is 2.95. The van der Waals surface area contributed by atoms with E-state index in [0.717, 1.165) is 5.56 Å². The highest BCUT2D eigenvalue weighted by molar-refractivity contribution is 9.10. The van der Waals surface area contributed by atoms with Crippen molar-refractivity contribution in [2.24, 2.45) is 0 Å². The van der Waals surface area contributed by atoms with E-state index in [1.54, 1.807) is 20.1 Å². The molecule has 0 radical (unpaired) electrons. The van der Waals surface area contributed by atoms with Gasteiger partial charge >= 0.3 is 5.97 Å². The predicted molar refractivity (Wildman–Crippen MR) is 61.3 cm³/mol. The Labute approximate surface area is 97.5 Å². The Morgan fingerprint density at radius 3 is 2.60 bits per heavy atom. The topological polar surface area (TPSA) is 35.5 Å². The van der Waals surface area contributed by atoms with Gasteiger partial charge in [0.2, 0.25) is 0 Å². The number of ether oxygens (including phenoxy) is 2. The first kappa shape index (κ1) is 12.0. The fraction of sp³-hybridized carbons (Fsp3) is 0.364. The minimum absolute atomic E-state index is 0.337. The van der Waals surface area contributed by atoms with Crippen LogP contribution in [-0.4, -0.2) is 20.2 Å². The largest absolute Gasteiger partial charge is 0.497 e. The minimum atomic E-state index is -0.837. The molecular weight excluding hydrogens is 260 g/mol. The van der Waals surface area contributed by atoms with Crippen LogP contribution in [0.4, 0.5) is 0 Å². The van der Waals surface area contributed by atoms with E-state index in [-0.39, 0.29) is 5.97 Å². The van der Waals surface area contributed by atoms with Crippen molar-refractivity contribution in [1.29, 1.82) is 0 Å². The molecule has 0 bridgehead atoms. The molecular formula is C11H13BrO3. The van der Waals surface area contributed by atoms with E-state index < -0.39 is 4.32 Å². The van der Waals surface area contributed by atoms with E-state index in [9.17, 15) is 4.79 Å². The highest BCUT2D eigenvalue weighted by atomic mass is 79.9. The van der Waals surface area contributed by atoms with E-state index in [1.165, 1.54) is 7.11 Å². The number of halogens is 1. The molecule has 1 aromatic carbocycles. The molecule has 1 atom stereocenters. The SMILES string of the molecule is COC(=O)C(C)(Br)c1cccc(OC)c1. The maximum absolute atomic E-state index is 11.5. The van der Waals surface area contributed by atoms with Gasteiger partial charge in [0.25, 0.3) is 0 Å². The summed E-state index contributed by atoms with van der Waals surface area (Å²) in [5, 5.41) is 0. The third-order valence-electron chi connectivity index (χ3n) is 2.18. The van der Waals surface area contributed by atoms with Gasteiger partial charge in [0, 0.05) is 0 Å². The molecule has 0 aliphatic heterocycles. The first-order valence-electron chi connectivity index (χ1n) is 4.44. The molecule has 0 saturated carbocycles. The lowest BCUT2D eigenvalue weighted by Crippen LogP contribution is -2.26. The van der Waals surface area contributed by atoms with Crippen LogP contribution < -0.4 is 4.74 Å². The van der Waals surface area contributed by atoms with Gasteiger partial charge < -0.3 is 9.47 Å². The van der Waals surface area contributed by atoms with Gasteiger partial charge in [-0.3, -0.25) is 4.79 Å². The maximum Gasteiger partial charge on any atom is 0.326 e. The Kier molecular flexibility index (Phi) is 3.74. The molecule has 0 aromatic heterocycles. The highest BCUT2D eigenvalue weighted by Crippen LogP contribution is 2.33. The lowest BCUT2D eigenvalue weighted by Gasteiger charge is -2.20. The summed E-state index contributed by atoms with van der Waals surface area (Å²) < 4.78 is 8.97. The summed E-state index contributed by atoms with van der Waals surface area (Å²) >= 11 is 3.35. The van der Waals surface area contributed by atoms with Crippen molar-refractivity contribution in [3.05, 3.63) is 29.8 Å². The van der Waals surface area contributed by atoms with E-state index in [1.807, 2.05) is 18.2 Å². The molecule has 0 amide bonds. The molecule has 0 aliphatic carbocycles. The number of alkyl halides is 1. The first-order chi connectivity index (χ1) is 7.02. The molecule has 0 saturated heterocycles. The molecule has 0 heterocycles. The molecule has 15 heavy (non-hydrogen) atoms. The normalized spacial score (nSPS) is 14.1. The number of carbonyl (C=O) groups is 1. The number of benzene rings is 1. The van der Waals surface area contributed by atoms with Crippen molar-refractivity contribution in [2.75, 3.05) is 14.2 Å². The molecule has 1 aromatic rings. The second-order valence-electron chi connectivity index (χ2n) is 3.23. The third-order valence-corrected chi connectivity index (χ3v) is 2.96. The van der Waals surface area contributed by atoms with Gasteiger partial charge in [-0.15, -0.1) is 0 Å². The van der Waals surface area contributed by atoms with Crippen LogP contribution in [-0.2, 0) is 13.9 Å². The molecule has 1 rings (SSSR count). The van der Waals surface area contributed by atoms with Crippen molar-refractivity contribution in [1.82, 2.24) is 0 Å². The highest BCUT2D eigenvalue weighted by Gasteiger charge is 2.33. The van der Waals surface area contributed by atoms with Crippen LogP contribution in [0, 0.1) is 0 Å². The van der Waals surface area contributed by atoms with Gasteiger partial charge in [-0.1, -0.05) is 28.1 Å². The molecule has 1 unspecified atom stereocenters. The Balaban J connectivity index is 3.09. The number of rotatable bonds is 3. The van der Waals surface area contributed by atoms with Gasteiger partial charge in [-0.05, 0) is 24.6 Å². The van der Waals surface area contributed by atoms with Crippen molar-refractivity contribution in [3.63, 3.8) is 0 Å². The molecule has 0 fully saturated rings. The van der Waals surface area contributed by atoms with Gasteiger partial charge in [0.1, 0.15) is 10.1 Å². The Bertz CT molecular complexity index is 361. The third kappa shape index (κ3) is 2.50. The van der Waals surface area contributed by atoms with Crippen LogP contribution >= 0.6 is 15.9 Å². The van der Waals surface area contributed by atoms with Gasteiger partial charge in [0.15, 0.2) is 0 Å².